The SMILES string of the molecule is CCCC(N)c1cn(Cc2cncc(F)c2)nn1. The third kappa shape index (κ3) is 3.10. The molecule has 2 heterocycles. The lowest BCUT2D eigenvalue weighted by Gasteiger charge is -2.04. The van der Waals surface area contributed by atoms with Crippen molar-refractivity contribution < 1.29 is 4.39 Å². The molecule has 0 amide bonds. The summed E-state index contributed by atoms with van der Waals surface area (Å²) in [5.41, 5.74) is 7.46. The zero-order chi connectivity index (χ0) is 13.0. The van der Waals surface area contributed by atoms with Gasteiger partial charge in [0, 0.05) is 6.20 Å². The van der Waals surface area contributed by atoms with E-state index >= 15 is 0 Å². The maximum Gasteiger partial charge on any atom is 0.141 e. The lowest BCUT2D eigenvalue weighted by molar-refractivity contribution is 0.605. The average Bonchev–Trinajstić information content (AvgIpc) is 2.78. The van der Waals surface area contributed by atoms with Gasteiger partial charge < -0.3 is 5.73 Å². The predicted molar refractivity (Wildman–Crippen MR) is 65.2 cm³/mol. The van der Waals surface area contributed by atoms with Crippen LogP contribution in [0, 0.1) is 5.82 Å². The average molecular weight is 249 g/mol. The normalized spacial score (nSPS) is 12.6. The summed E-state index contributed by atoms with van der Waals surface area (Å²) in [5.74, 6) is -0.351. The fourth-order valence-electron chi connectivity index (χ4n) is 1.75. The Bertz CT molecular complexity index is 511. The molecule has 96 valence electrons. The van der Waals surface area contributed by atoms with E-state index in [1.54, 1.807) is 17.1 Å². The summed E-state index contributed by atoms with van der Waals surface area (Å²) in [6.45, 7) is 2.51. The monoisotopic (exact) mass is 249 g/mol. The van der Waals surface area contributed by atoms with Crippen LogP contribution in [-0.2, 0) is 6.54 Å². The molecule has 0 bridgehead atoms. The first kappa shape index (κ1) is 12.6. The zero-order valence-corrected chi connectivity index (χ0v) is 10.3. The maximum absolute atomic E-state index is 13.0. The van der Waals surface area contributed by atoms with Crippen molar-refractivity contribution in [1.82, 2.24) is 20.0 Å². The first-order valence-electron chi connectivity index (χ1n) is 5.94. The Kier molecular flexibility index (Phi) is 3.99. The standard InChI is InChI=1S/C12H16FN5/c1-2-3-11(14)12-8-18(17-16-12)7-9-4-10(13)6-15-5-9/h4-6,8,11H,2-3,7,14H2,1H3. The molecular weight excluding hydrogens is 233 g/mol. The van der Waals surface area contributed by atoms with E-state index in [0.29, 0.717) is 6.54 Å². The minimum atomic E-state index is -0.351. The van der Waals surface area contributed by atoms with E-state index < -0.39 is 0 Å². The van der Waals surface area contributed by atoms with Crippen molar-refractivity contribution >= 4 is 0 Å². The zero-order valence-electron chi connectivity index (χ0n) is 10.3. The van der Waals surface area contributed by atoms with Crippen molar-refractivity contribution in [3.8, 4) is 0 Å². The van der Waals surface area contributed by atoms with Crippen LogP contribution < -0.4 is 5.73 Å². The Morgan fingerprint density at radius 2 is 2.28 bits per heavy atom. The lowest BCUT2D eigenvalue weighted by atomic mass is 10.1. The van der Waals surface area contributed by atoms with Gasteiger partial charge in [-0.2, -0.15) is 0 Å². The molecule has 1 atom stereocenters. The van der Waals surface area contributed by atoms with E-state index in [9.17, 15) is 4.39 Å². The number of aromatic nitrogens is 4. The Morgan fingerprint density at radius 3 is 3.00 bits per heavy atom. The number of nitrogens with zero attached hydrogens (tertiary/aromatic N) is 4. The fraction of sp³-hybridized carbons (Fsp3) is 0.417. The Labute approximate surface area is 105 Å². The first-order chi connectivity index (χ1) is 8.69. The molecule has 0 fully saturated rings. The topological polar surface area (TPSA) is 69.6 Å². The van der Waals surface area contributed by atoms with Crippen LogP contribution in [0.25, 0.3) is 0 Å². The van der Waals surface area contributed by atoms with E-state index in [2.05, 4.69) is 22.2 Å². The summed E-state index contributed by atoms with van der Waals surface area (Å²) in [6, 6.07) is 1.34. The third-order valence-corrected chi connectivity index (χ3v) is 2.64. The predicted octanol–water partition coefficient (Wildman–Crippen LogP) is 1.66. The summed E-state index contributed by atoms with van der Waals surface area (Å²) >= 11 is 0. The molecule has 2 N–H and O–H groups in total. The van der Waals surface area contributed by atoms with Crippen molar-refractivity contribution in [2.24, 2.45) is 5.73 Å². The Morgan fingerprint density at radius 1 is 1.44 bits per heavy atom. The van der Waals surface area contributed by atoms with Crippen molar-refractivity contribution in [1.29, 1.82) is 0 Å². The molecule has 0 saturated carbocycles. The molecule has 0 aromatic carbocycles. The molecule has 0 spiro atoms. The van der Waals surface area contributed by atoms with E-state index in [-0.39, 0.29) is 11.9 Å². The molecule has 2 aromatic heterocycles. The third-order valence-electron chi connectivity index (χ3n) is 2.64. The van der Waals surface area contributed by atoms with Gasteiger partial charge in [-0.15, -0.1) is 5.10 Å². The highest BCUT2D eigenvalue weighted by Gasteiger charge is 2.09. The quantitative estimate of drug-likeness (QED) is 0.875. The van der Waals surface area contributed by atoms with E-state index in [0.717, 1.165) is 24.1 Å². The second-order valence-corrected chi connectivity index (χ2v) is 4.25. The van der Waals surface area contributed by atoms with Gasteiger partial charge in [0.15, 0.2) is 0 Å². The molecule has 6 heteroatoms. The number of rotatable bonds is 5. The first-order valence-corrected chi connectivity index (χ1v) is 5.94. The molecule has 5 nitrogen and oxygen atoms in total. The van der Waals surface area contributed by atoms with Crippen LogP contribution in [0.5, 0.6) is 0 Å². The van der Waals surface area contributed by atoms with Crippen LogP contribution in [0.1, 0.15) is 37.1 Å². The molecule has 18 heavy (non-hydrogen) atoms. The molecule has 1 unspecified atom stereocenters. The molecule has 0 radical (unpaired) electrons. The van der Waals surface area contributed by atoms with Gasteiger partial charge in [-0.25, -0.2) is 9.07 Å². The van der Waals surface area contributed by atoms with Crippen LogP contribution in [0.15, 0.2) is 24.7 Å². The summed E-state index contributed by atoms with van der Waals surface area (Å²) in [4.78, 5) is 3.79. The molecule has 0 aliphatic heterocycles. The van der Waals surface area contributed by atoms with Gasteiger partial charge in [-0.1, -0.05) is 18.6 Å². The van der Waals surface area contributed by atoms with Crippen LogP contribution in [0.3, 0.4) is 0 Å². The molecule has 2 rings (SSSR count). The summed E-state index contributed by atoms with van der Waals surface area (Å²) in [7, 11) is 0. The summed E-state index contributed by atoms with van der Waals surface area (Å²) in [6.07, 6.45) is 6.46. The van der Waals surface area contributed by atoms with E-state index in [4.69, 9.17) is 5.73 Å². The lowest BCUT2D eigenvalue weighted by Crippen LogP contribution is -2.10. The second-order valence-electron chi connectivity index (χ2n) is 4.25. The van der Waals surface area contributed by atoms with Gasteiger partial charge in [0.1, 0.15) is 5.82 Å². The van der Waals surface area contributed by atoms with Gasteiger partial charge in [0.2, 0.25) is 0 Å². The van der Waals surface area contributed by atoms with Gasteiger partial charge >= 0.3 is 0 Å². The molecular formula is C12H16FN5. The minimum Gasteiger partial charge on any atom is -0.323 e. The van der Waals surface area contributed by atoms with Gasteiger partial charge in [-0.3, -0.25) is 4.98 Å². The van der Waals surface area contributed by atoms with Crippen LogP contribution in [-0.4, -0.2) is 20.0 Å². The molecule has 0 aliphatic rings. The highest BCUT2D eigenvalue weighted by Crippen LogP contribution is 2.12. The minimum absolute atomic E-state index is 0.0885. The number of pyridine rings is 1. The highest BCUT2D eigenvalue weighted by molar-refractivity contribution is 5.11. The van der Waals surface area contributed by atoms with E-state index in [1.807, 2.05) is 0 Å². The molecule has 0 saturated heterocycles. The van der Waals surface area contributed by atoms with Gasteiger partial charge in [0.05, 0.1) is 30.7 Å². The summed E-state index contributed by atoms with van der Waals surface area (Å²) < 4.78 is 14.6. The van der Waals surface area contributed by atoms with Crippen LogP contribution >= 0.6 is 0 Å². The van der Waals surface area contributed by atoms with Crippen molar-refractivity contribution in [3.05, 3.63) is 41.7 Å². The highest BCUT2D eigenvalue weighted by atomic mass is 19.1. The van der Waals surface area contributed by atoms with E-state index in [1.165, 1.54) is 12.3 Å². The number of hydrogen-bond donors (Lipinski definition) is 1. The smallest absolute Gasteiger partial charge is 0.141 e. The Balaban J connectivity index is 2.06. The van der Waals surface area contributed by atoms with Crippen LogP contribution in [0.4, 0.5) is 4.39 Å². The fourth-order valence-corrected chi connectivity index (χ4v) is 1.75. The largest absolute Gasteiger partial charge is 0.323 e. The van der Waals surface area contributed by atoms with Crippen molar-refractivity contribution in [2.45, 2.75) is 32.4 Å². The number of halogens is 1. The van der Waals surface area contributed by atoms with Crippen molar-refractivity contribution in [3.63, 3.8) is 0 Å². The molecule has 0 aliphatic carbocycles. The summed E-state index contributed by atoms with van der Waals surface area (Å²) in [5, 5.41) is 8.01. The number of hydrogen-bond acceptors (Lipinski definition) is 4. The maximum atomic E-state index is 13.0. The van der Waals surface area contributed by atoms with Crippen molar-refractivity contribution in [2.75, 3.05) is 0 Å². The molecule has 2 aromatic rings. The van der Waals surface area contributed by atoms with Gasteiger partial charge in [0.25, 0.3) is 0 Å². The Hall–Kier alpha value is -1.82. The van der Waals surface area contributed by atoms with Crippen LogP contribution in [0.2, 0.25) is 0 Å². The van der Waals surface area contributed by atoms with Gasteiger partial charge in [-0.05, 0) is 18.1 Å². The second kappa shape index (κ2) is 5.68. The number of nitrogens with two attached hydrogens (primary N) is 1.